The van der Waals surface area contributed by atoms with Crippen molar-refractivity contribution in [3.05, 3.63) is 72.7 Å². The van der Waals surface area contributed by atoms with Gasteiger partial charge in [-0.2, -0.15) is 0 Å². The second-order valence-corrected chi connectivity index (χ2v) is 8.96. The van der Waals surface area contributed by atoms with Crippen molar-refractivity contribution in [3.8, 4) is 5.75 Å². The zero-order valence-electron chi connectivity index (χ0n) is 20.2. The molecule has 1 fully saturated rings. The van der Waals surface area contributed by atoms with E-state index in [4.69, 9.17) is 9.15 Å². The smallest absolute Gasteiger partial charge is 0.251 e. The van der Waals surface area contributed by atoms with E-state index in [9.17, 15) is 9.59 Å². The van der Waals surface area contributed by atoms with Gasteiger partial charge in [-0.1, -0.05) is 36.6 Å². The van der Waals surface area contributed by atoms with Gasteiger partial charge in [0.1, 0.15) is 23.6 Å². The average Bonchev–Trinajstić information content (AvgIpc) is 3.58. The number of furan rings is 1. The molecule has 0 spiro atoms. The Morgan fingerprint density at radius 3 is 2.58 bits per heavy atom. The molecule has 2 amide bonds. The lowest BCUT2D eigenvalue weighted by Crippen LogP contribution is -2.48. The molecular formula is C27H29N5O4. The van der Waals surface area contributed by atoms with Crippen LogP contribution in [0.15, 0.2) is 71.3 Å². The highest BCUT2D eigenvalue weighted by atomic mass is 16.5. The summed E-state index contributed by atoms with van der Waals surface area (Å²) in [5, 5.41) is 11.5. The summed E-state index contributed by atoms with van der Waals surface area (Å²) in [5.74, 6) is 0.436. The number of hydrogen-bond acceptors (Lipinski definition) is 6. The number of carbonyl (C=O) groups excluding carboxylic acids is 2. The van der Waals surface area contributed by atoms with Crippen LogP contribution < -0.4 is 15.0 Å². The Labute approximate surface area is 209 Å². The lowest BCUT2D eigenvalue weighted by molar-refractivity contribution is -0.128. The second kappa shape index (κ2) is 10.6. The monoisotopic (exact) mass is 487 g/mol. The number of anilines is 1. The molecule has 0 bridgehead atoms. The molecule has 0 radical (unpaired) electrons. The Bertz CT molecular complexity index is 1310. The van der Waals surface area contributed by atoms with Crippen LogP contribution in [0.2, 0.25) is 0 Å². The molecule has 36 heavy (non-hydrogen) atoms. The number of amides is 2. The molecule has 2 heterocycles. The number of benzene rings is 2. The van der Waals surface area contributed by atoms with Crippen molar-refractivity contribution in [1.29, 1.82) is 0 Å². The van der Waals surface area contributed by atoms with Crippen molar-refractivity contribution in [2.45, 2.75) is 50.7 Å². The maximum atomic E-state index is 13.9. The van der Waals surface area contributed by atoms with Crippen LogP contribution in [0.5, 0.6) is 5.75 Å². The SMILES string of the molecule is COc1ccc(N(C(=O)Cn2nnc3ccccc32)[C@H](C(=O)NC2CCCCC2)c2ccco2)cc1. The quantitative estimate of drug-likeness (QED) is 0.399. The van der Waals surface area contributed by atoms with Gasteiger partial charge in [-0.3, -0.25) is 14.5 Å². The molecule has 1 aliphatic carbocycles. The summed E-state index contributed by atoms with van der Waals surface area (Å²) < 4.78 is 12.5. The van der Waals surface area contributed by atoms with Crippen LogP contribution in [0.1, 0.15) is 43.9 Å². The highest BCUT2D eigenvalue weighted by Gasteiger charge is 2.36. The lowest BCUT2D eigenvalue weighted by atomic mass is 9.95. The van der Waals surface area contributed by atoms with Crippen LogP contribution in [-0.4, -0.2) is 40.0 Å². The number of nitrogens with one attached hydrogen (secondary N) is 1. The first-order valence-electron chi connectivity index (χ1n) is 12.2. The summed E-state index contributed by atoms with van der Waals surface area (Å²) in [6.45, 7) is -0.0968. The van der Waals surface area contributed by atoms with Crippen molar-refractivity contribution in [2.75, 3.05) is 12.0 Å². The highest BCUT2D eigenvalue weighted by molar-refractivity contribution is 6.01. The third-order valence-electron chi connectivity index (χ3n) is 6.60. The molecule has 0 saturated heterocycles. The summed E-state index contributed by atoms with van der Waals surface area (Å²) in [4.78, 5) is 29.1. The van der Waals surface area contributed by atoms with Crippen molar-refractivity contribution >= 4 is 28.5 Å². The van der Waals surface area contributed by atoms with Crippen molar-refractivity contribution < 1.29 is 18.7 Å². The molecule has 1 atom stereocenters. The first-order valence-corrected chi connectivity index (χ1v) is 12.2. The Morgan fingerprint density at radius 1 is 1.08 bits per heavy atom. The van der Waals surface area contributed by atoms with E-state index in [0.29, 0.717) is 22.7 Å². The second-order valence-electron chi connectivity index (χ2n) is 8.96. The molecule has 1 aliphatic rings. The molecule has 4 aromatic rings. The van der Waals surface area contributed by atoms with Gasteiger partial charge in [0, 0.05) is 11.7 Å². The zero-order valence-corrected chi connectivity index (χ0v) is 20.2. The summed E-state index contributed by atoms with van der Waals surface area (Å²) in [6, 6.07) is 17.0. The Balaban J connectivity index is 1.52. The minimum Gasteiger partial charge on any atom is -0.497 e. The molecule has 0 aliphatic heterocycles. The molecule has 1 N–H and O–H groups in total. The molecule has 0 unspecified atom stereocenters. The number of nitrogens with zero attached hydrogens (tertiary/aromatic N) is 4. The number of para-hydroxylation sites is 1. The predicted octanol–water partition coefficient (Wildman–Crippen LogP) is 4.26. The van der Waals surface area contributed by atoms with Crippen LogP contribution in [0.25, 0.3) is 11.0 Å². The fourth-order valence-corrected chi connectivity index (χ4v) is 4.77. The molecule has 9 heteroatoms. The van der Waals surface area contributed by atoms with Crippen LogP contribution in [0, 0.1) is 0 Å². The standard InChI is InChI=1S/C27H29N5O4/c1-35-21-15-13-20(14-16-21)32(25(33)18-31-23-11-6-5-10-22(23)29-30-31)26(24-12-7-17-36-24)27(34)28-19-8-3-2-4-9-19/h5-7,10-17,19,26H,2-4,8-9,18H2,1H3,(H,28,34)/t26-/m0/s1. The van der Waals surface area contributed by atoms with E-state index in [0.717, 1.165) is 31.2 Å². The van der Waals surface area contributed by atoms with E-state index in [1.54, 1.807) is 48.2 Å². The summed E-state index contributed by atoms with van der Waals surface area (Å²) in [7, 11) is 1.58. The molecule has 186 valence electrons. The zero-order chi connectivity index (χ0) is 24.9. The van der Waals surface area contributed by atoms with Crippen LogP contribution >= 0.6 is 0 Å². The Kier molecular flexibility index (Phi) is 6.97. The predicted molar refractivity (Wildman–Crippen MR) is 134 cm³/mol. The van der Waals surface area contributed by atoms with Gasteiger partial charge in [0.15, 0.2) is 6.04 Å². The van der Waals surface area contributed by atoms with Gasteiger partial charge in [-0.15, -0.1) is 5.10 Å². The average molecular weight is 488 g/mol. The van der Waals surface area contributed by atoms with E-state index in [-0.39, 0.29) is 24.4 Å². The van der Waals surface area contributed by atoms with E-state index >= 15 is 0 Å². The van der Waals surface area contributed by atoms with Gasteiger partial charge in [0.2, 0.25) is 5.91 Å². The normalized spacial score (nSPS) is 14.9. The van der Waals surface area contributed by atoms with Crippen molar-refractivity contribution in [2.24, 2.45) is 0 Å². The van der Waals surface area contributed by atoms with Crippen molar-refractivity contribution in [1.82, 2.24) is 20.3 Å². The third-order valence-corrected chi connectivity index (χ3v) is 6.60. The molecular weight excluding hydrogens is 458 g/mol. The number of methoxy groups -OCH3 is 1. The van der Waals surface area contributed by atoms with E-state index in [2.05, 4.69) is 15.6 Å². The lowest BCUT2D eigenvalue weighted by Gasteiger charge is -2.32. The fraction of sp³-hybridized carbons (Fsp3) is 0.333. The minimum atomic E-state index is -0.988. The first-order chi connectivity index (χ1) is 17.6. The van der Waals surface area contributed by atoms with Crippen molar-refractivity contribution in [3.63, 3.8) is 0 Å². The third kappa shape index (κ3) is 4.95. The molecule has 1 saturated carbocycles. The number of carbonyl (C=O) groups is 2. The summed E-state index contributed by atoms with van der Waals surface area (Å²) in [6.07, 6.45) is 6.71. The van der Waals surface area contributed by atoms with Crippen LogP contribution in [0.3, 0.4) is 0 Å². The largest absolute Gasteiger partial charge is 0.497 e. The van der Waals surface area contributed by atoms with Crippen LogP contribution in [0.4, 0.5) is 5.69 Å². The van der Waals surface area contributed by atoms with E-state index in [1.807, 2.05) is 24.3 Å². The highest BCUT2D eigenvalue weighted by Crippen LogP contribution is 2.31. The molecule has 2 aromatic heterocycles. The number of ether oxygens (including phenoxy) is 1. The summed E-state index contributed by atoms with van der Waals surface area (Å²) in [5.41, 5.74) is 1.98. The van der Waals surface area contributed by atoms with Gasteiger partial charge in [-0.25, -0.2) is 4.68 Å². The van der Waals surface area contributed by atoms with Gasteiger partial charge < -0.3 is 14.5 Å². The van der Waals surface area contributed by atoms with Gasteiger partial charge >= 0.3 is 0 Å². The molecule has 2 aromatic carbocycles. The van der Waals surface area contributed by atoms with Gasteiger partial charge in [0.25, 0.3) is 5.91 Å². The number of rotatable bonds is 8. The Hall–Kier alpha value is -4.14. The molecule has 5 rings (SSSR count). The number of hydrogen-bond donors (Lipinski definition) is 1. The number of aromatic nitrogens is 3. The summed E-state index contributed by atoms with van der Waals surface area (Å²) >= 11 is 0. The number of fused-ring (bicyclic) bond motifs is 1. The van der Waals surface area contributed by atoms with Gasteiger partial charge in [0.05, 0.1) is 18.9 Å². The fourth-order valence-electron chi connectivity index (χ4n) is 4.77. The maximum absolute atomic E-state index is 13.9. The van der Waals surface area contributed by atoms with Gasteiger partial charge in [-0.05, 0) is 61.4 Å². The topological polar surface area (TPSA) is 102 Å². The van der Waals surface area contributed by atoms with E-state index < -0.39 is 6.04 Å². The van der Waals surface area contributed by atoms with E-state index in [1.165, 1.54) is 17.6 Å². The Morgan fingerprint density at radius 2 is 1.86 bits per heavy atom. The molecule has 9 nitrogen and oxygen atoms in total. The van der Waals surface area contributed by atoms with Crippen LogP contribution in [-0.2, 0) is 16.1 Å². The maximum Gasteiger partial charge on any atom is 0.251 e. The minimum absolute atomic E-state index is 0.0794. The first kappa shape index (κ1) is 23.6.